The van der Waals surface area contributed by atoms with E-state index in [0.717, 1.165) is 38.7 Å². The molecule has 50 heavy (non-hydrogen) atoms. The maximum atomic E-state index is 15.1. The first-order valence-electron chi connectivity index (χ1n) is 15.7. The average molecular weight is 674 g/mol. The van der Waals surface area contributed by atoms with E-state index in [9.17, 15) is 13.2 Å². The molecule has 6 aromatic carbocycles. The summed E-state index contributed by atoms with van der Waals surface area (Å²) in [7, 11) is 0. The van der Waals surface area contributed by atoms with Crippen LogP contribution in [0, 0.1) is 20.4 Å². The molecular formula is C41H25F6N3. The summed E-state index contributed by atoms with van der Waals surface area (Å²) in [6.45, 7) is 11.9. The van der Waals surface area contributed by atoms with Gasteiger partial charge in [-0.15, -0.1) is 0 Å². The topological polar surface area (TPSA) is 14.2 Å². The number of rotatable bonds is 3. The van der Waals surface area contributed by atoms with Crippen LogP contribution in [0.2, 0.25) is 0 Å². The first-order chi connectivity index (χ1) is 23.9. The van der Waals surface area contributed by atoms with Crippen molar-refractivity contribution in [3.8, 4) is 22.5 Å². The number of nitrogens with zero attached hydrogens (tertiary/aromatic N) is 3. The Kier molecular flexibility index (Phi) is 6.88. The van der Waals surface area contributed by atoms with E-state index >= 15 is 13.2 Å². The smallest absolute Gasteiger partial charge is 0.310 e. The summed E-state index contributed by atoms with van der Waals surface area (Å²) in [5, 5.41) is 3.36. The number of fused-ring (bicyclic) bond motifs is 6. The second-order valence-corrected chi connectivity index (χ2v) is 12.4. The average Bonchev–Trinajstić information content (AvgIpc) is 3.61. The fourth-order valence-corrected chi connectivity index (χ4v) is 7.34. The highest BCUT2D eigenvalue weighted by atomic mass is 19.4. The largest absolute Gasteiger partial charge is 0.417 e. The zero-order valence-corrected chi connectivity index (χ0v) is 26.6. The van der Waals surface area contributed by atoms with E-state index in [1.165, 1.54) is 12.1 Å². The molecule has 0 radical (unpaired) electrons. The van der Waals surface area contributed by atoms with Gasteiger partial charge in [0.2, 0.25) is 0 Å². The van der Waals surface area contributed by atoms with Gasteiger partial charge >= 0.3 is 12.4 Å². The molecule has 8 rings (SSSR count). The number of hydrogen-bond acceptors (Lipinski definition) is 0. The van der Waals surface area contributed by atoms with Crippen molar-refractivity contribution in [3.63, 3.8) is 0 Å². The van der Waals surface area contributed by atoms with E-state index in [1.54, 1.807) is 0 Å². The molecule has 0 amide bonds. The molecule has 246 valence electrons. The van der Waals surface area contributed by atoms with Crippen LogP contribution in [0.3, 0.4) is 0 Å². The second kappa shape index (κ2) is 11.0. The fraction of sp³-hybridized carbons (Fsp3) is 0.0976. The number of halogens is 6. The molecule has 0 N–H and O–H groups in total. The number of hydrogen-bond donors (Lipinski definition) is 0. The van der Waals surface area contributed by atoms with Crippen molar-refractivity contribution >= 4 is 49.3 Å². The minimum Gasteiger partial charge on any atom is -0.310 e. The Morgan fingerprint density at radius 3 is 1.48 bits per heavy atom. The van der Waals surface area contributed by atoms with Gasteiger partial charge in [-0.25, -0.2) is 4.85 Å². The standard InChI is InChI=1S/C41H25F6N3/c1-23-10-8-14-29-27-12-4-6-16-33(27)49(38(23)29)35-21-26(48-3)22-36(37(35)31-19-18-25(40(42,43)44)20-32(31)41(45,46)47)50-34-17-7-5-13-28(34)30-15-9-11-24(2)39(30)50/h4-22H,1-2H3. The quantitative estimate of drug-likeness (QED) is 0.131. The lowest BCUT2D eigenvalue weighted by atomic mass is 9.93. The van der Waals surface area contributed by atoms with Gasteiger partial charge in [0.1, 0.15) is 0 Å². The Labute approximate surface area is 282 Å². The summed E-state index contributed by atoms with van der Waals surface area (Å²) in [6, 6.07) is 31.2. The van der Waals surface area contributed by atoms with Crippen molar-refractivity contribution in [1.82, 2.24) is 9.13 Å². The molecule has 0 bridgehead atoms. The van der Waals surface area contributed by atoms with Crippen LogP contribution in [0.1, 0.15) is 22.3 Å². The fourth-order valence-electron chi connectivity index (χ4n) is 7.34. The minimum atomic E-state index is -5.16. The highest BCUT2D eigenvalue weighted by Crippen LogP contribution is 2.49. The Bertz CT molecular complexity index is 2580. The van der Waals surface area contributed by atoms with Gasteiger partial charge in [0.25, 0.3) is 0 Å². The molecule has 0 saturated heterocycles. The predicted molar refractivity (Wildman–Crippen MR) is 186 cm³/mol. The summed E-state index contributed by atoms with van der Waals surface area (Å²) >= 11 is 0. The normalized spacial score (nSPS) is 12.4. The summed E-state index contributed by atoms with van der Waals surface area (Å²) in [6.07, 6.45) is -10.2. The molecule has 3 nitrogen and oxygen atoms in total. The van der Waals surface area contributed by atoms with Gasteiger partial charge < -0.3 is 9.13 Å². The number of para-hydroxylation sites is 4. The molecule has 2 aromatic heterocycles. The Morgan fingerprint density at radius 2 is 1.02 bits per heavy atom. The molecule has 0 aliphatic heterocycles. The monoisotopic (exact) mass is 673 g/mol. The van der Waals surface area contributed by atoms with Crippen molar-refractivity contribution < 1.29 is 26.3 Å². The van der Waals surface area contributed by atoms with Gasteiger partial charge in [0, 0.05) is 38.5 Å². The lowest BCUT2D eigenvalue weighted by Crippen LogP contribution is -2.14. The molecule has 0 unspecified atom stereocenters. The second-order valence-electron chi connectivity index (χ2n) is 12.4. The summed E-state index contributed by atoms with van der Waals surface area (Å²) in [4.78, 5) is 3.78. The van der Waals surface area contributed by atoms with E-state index in [2.05, 4.69) is 4.85 Å². The van der Waals surface area contributed by atoms with Gasteiger partial charge in [0.05, 0.1) is 39.8 Å². The van der Waals surface area contributed by atoms with E-state index < -0.39 is 29.0 Å². The highest BCUT2D eigenvalue weighted by Gasteiger charge is 2.40. The summed E-state index contributed by atoms with van der Waals surface area (Å²) in [5.74, 6) is 0. The molecule has 0 saturated carbocycles. The van der Waals surface area contributed by atoms with Crippen LogP contribution in [0.4, 0.5) is 32.0 Å². The number of aromatic nitrogens is 2. The molecule has 8 aromatic rings. The third-order valence-corrected chi connectivity index (χ3v) is 9.41. The summed E-state index contributed by atoms with van der Waals surface area (Å²) in [5.41, 5.74) is 1.80. The lowest BCUT2D eigenvalue weighted by Gasteiger charge is -2.24. The first-order valence-corrected chi connectivity index (χ1v) is 15.7. The van der Waals surface area contributed by atoms with Crippen LogP contribution in [0.15, 0.2) is 115 Å². The molecule has 2 heterocycles. The van der Waals surface area contributed by atoms with Crippen LogP contribution in [0.5, 0.6) is 0 Å². The Morgan fingerprint density at radius 1 is 0.540 bits per heavy atom. The van der Waals surface area contributed by atoms with Gasteiger partial charge in [-0.05, 0) is 66.9 Å². The van der Waals surface area contributed by atoms with E-state index in [1.807, 2.05) is 108 Å². The first kappa shape index (κ1) is 31.3. The van der Waals surface area contributed by atoms with E-state index in [0.29, 0.717) is 28.1 Å². The van der Waals surface area contributed by atoms with Crippen LogP contribution in [-0.4, -0.2) is 9.13 Å². The molecule has 0 spiro atoms. The molecule has 9 heteroatoms. The number of alkyl halides is 6. The van der Waals surface area contributed by atoms with Gasteiger partial charge in [-0.3, -0.25) is 0 Å². The molecule has 0 fully saturated rings. The van der Waals surface area contributed by atoms with Crippen LogP contribution < -0.4 is 0 Å². The molecular weight excluding hydrogens is 648 g/mol. The Balaban J connectivity index is 1.66. The van der Waals surface area contributed by atoms with Crippen LogP contribution in [-0.2, 0) is 12.4 Å². The number of aryl methyl sites for hydroxylation is 2. The van der Waals surface area contributed by atoms with Crippen molar-refractivity contribution in [1.29, 1.82) is 0 Å². The lowest BCUT2D eigenvalue weighted by molar-refractivity contribution is -0.142. The van der Waals surface area contributed by atoms with Crippen LogP contribution in [0.25, 0.3) is 71.0 Å². The van der Waals surface area contributed by atoms with Crippen molar-refractivity contribution in [3.05, 3.63) is 149 Å². The van der Waals surface area contributed by atoms with Crippen LogP contribution >= 0.6 is 0 Å². The van der Waals surface area contributed by atoms with Crippen molar-refractivity contribution in [2.75, 3.05) is 0 Å². The van der Waals surface area contributed by atoms with Gasteiger partial charge in [0.15, 0.2) is 5.69 Å². The zero-order chi connectivity index (χ0) is 35.1. The molecule has 0 aliphatic carbocycles. The SMILES string of the molecule is [C-]#[N+]c1cc(-n2c3ccccc3c3cccc(C)c32)c(-c2ccc(C(F)(F)F)cc2C(F)(F)F)c(-n2c3ccccc3c3cccc(C)c32)c1. The predicted octanol–water partition coefficient (Wildman–Crippen LogP) is 12.8. The molecule has 0 atom stereocenters. The van der Waals surface area contributed by atoms with Gasteiger partial charge in [-0.1, -0.05) is 78.9 Å². The molecule has 0 aliphatic rings. The van der Waals surface area contributed by atoms with Crippen molar-refractivity contribution in [2.45, 2.75) is 26.2 Å². The van der Waals surface area contributed by atoms with Crippen molar-refractivity contribution in [2.24, 2.45) is 0 Å². The maximum absolute atomic E-state index is 15.1. The minimum absolute atomic E-state index is 0.0373. The zero-order valence-electron chi connectivity index (χ0n) is 26.6. The van der Waals surface area contributed by atoms with E-state index in [4.69, 9.17) is 6.57 Å². The summed E-state index contributed by atoms with van der Waals surface area (Å²) < 4.78 is 90.9. The maximum Gasteiger partial charge on any atom is 0.417 e. The third-order valence-electron chi connectivity index (χ3n) is 9.41. The third kappa shape index (κ3) is 4.66. The number of benzene rings is 6. The Hall–Kier alpha value is -6.01. The van der Waals surface area contributed by atoms with E-state index in [-0.39, 0.29) is 28.7 Å². The highest BCUT2D eigenvalue weighted by molar-refractivity contribution is 6.13. The van der Waals surface area contributed by atoms with Gasteiger partial charge in [-0.2, -0.15) is 26.3 Å².